The van der Waals surface area contributed by atoms with E-state index in [0.29, 0.717) is 37.6 Å². The van der Waals surface area contributed by atoms with Crippen molar-refractivity contribution in [3.05, 3.63) is 41.7 Å². The highest BCUT2D eigenvalue weighted by Crippen LogP contribution is 2.27. The lowest BCUT2D eigenvalue weighted by molar-refractivity contribution is 0.329. The van der Waals surface area contributed by atoms with Crippen LogP contribution in [0.15, 0.2) is 41.6 Å². The largest absolute Gasteiger partial charge is 0.481 e. The van der Waals surface area contributed by atoms with Crippen LogP contribution in [0, 0.1) is 0 Å². The monoisotopic (exact) mass is 382 g/mol. The minimum atomic E-state index is -3.57. The zero-order valence-electron chi connectivity index (χ0n) is 13.7. The molecule has 9 heteroatoms. The maximum absolute atomic E-state index is 12.7. The quantitative estimate of drug-likeness (QED) is 0.854. The van der Waals surface area contributed by atoms with Gasteiger partial charge in [0.05, 0.1) is 12.1 Å². The topological polar surface area (TPSA) is 84.4 Å². The average molecular weight is 383 g/mol. The van der Waals surface area contributed by atoms with E-state index in [-0.39, 0.29) is 16.0 Å². The summed E-state index contributed by atoms with van der Waals surface area (Å²) in [5.41, 5.74) is 0. The first-order valence-electron chi connectivity index (χ1n) is 7.88. The summed E-state index contributed by atoms with van der Waals surface area (Å²) in [4.78, 5) is 8.28. The van der Waals surface area contributed by atoms with Crippen LogP contribution in [0.5, 0.6) is 5.88 Å². The summed E-state index contributed by atoms with van der Waals surface area (Å²) in [6, 6.07) is 8.37. The minimum Gasteiger partial charge on any atom is -0.481 e. The Morgan fingerprint density at radius 2 is 1.96 bits per heavy atom. The number of hydrogen-bond acceptors (Lipinski definition) is 6. The highest BCUT2D eigenvalue weighted by Gasteiger charge is 2.30. The fourth-order valence-corrected chi connectivity index (χ4v) is 4.74. The first-order chi connectivity index (χ1) is 12.0. The predicted molar refractivity (Wildman–Crippen MR) is 95.4 cm³/mol. The lowest BCUT2D eigenvalue weighted by Crippen LogP contribution is -2.42. The van der Waals surface area contributed by atoms with Gasteiger partial charge in [0.2, 0.25) is 15.9 Å². The second-order valence-electron chi connectivity index (χ2n) is 5.70. The molecule has 1 fully saturated rings. The van der Waals surface area contributed by atoms with Crippen LogP contribution in [0.2, 0.25) is 5.02 Å². The van der Waals surface area contributed by atoms with Crippen molar-refractivity contribution in [1.82, 2.24) is 14.3 Å². The number of benzene rings is 1. The highest BCUT2D eigenvalue weighted by molar-refractivity contribution is 7.89. The number of rotatable bonds is 5. The Morgan fingerprint density at radius 1 is 1.24 bits per heavy atom. The third-order valence-electron chi connectivity index (χ3n) is 4.11. The Morgan fingerprint density at radius 3 is 2.64 bits per heavy atom. The van der Waals surface area contributed by atoms with Gasteiger partial charge in [-0.3, -0.25) is 0 Å². The van der Waals surface area contributed by atoms with Crippen molar-refractivity contribution >= 4 is 27.4 Å². The number of anilines is 1. The molecule has 7 nitrogen and oxygen atoms in total. The summed E-state index contributed by atoms with van der Waals surface area (Å²) in [7, 11) is -2.03. The van der Waals surface area contributed by atoms with Gasteiger partial charge in [-0.05, 0) is 25.0 Å². The number of halogens is 1. The minimum absolute atomic E-state index is 0.136. The molecule has 0 unspecified atom stereocenters. The van der Waals surface area contributed by atoms with E-state index >= 15 is 0 Å². The molecule has 25 heavy (non-hydrogen) atoms. The van der Waals surface area contributed by atoms with E-state index in [0.717, 1.165) is 0 Å². The number of piperidine rings is 1. The number of ether oxygens (including phenoxy) is 1. The zero-order valence-corrected chi connectivity index (χ0v) is 15.3. The van der Waals surface area contributed by atoms with Crippen LogP contribution >= 0.6 is 11.6 Å². The fraction of sp³-hybridized carbons (Fsp3) is 0.375. The highest BCUT2D eigenvalue weighted by atomic mass is 35.5. The predicted octanol–water partition coefficient (Wildman–Crippen LogP) is 2.40. The van der Waals surface area contributed by atoms with Gasteiger partial charge in [-0.15, -0.1) is 0 Å². The lowest BCUT2D eigenvalue weighted by Gasteiger charge is -2.32. The van der Waals surface area contributed by atoms with E-state index in [1.165, 1.54) is 16.7 Å². The first kappa shape index (κ1) is 17.9. The molecule has 1 aliphatic rings. The molecule has 2 heterocycles. The smallest absolute Gasteiger partial charge is 0.244 e. The molecule has 0 atom stereocenters. The normalized spacial score (nSPS) is 16.6. The standard InChI is InChI=1S/C16H19ClN4O3S/c1-24-16-10-15(18-11-19-16)20-12-6-8-21(9-7-12)25(22,23)14-5-3-2-4-13(14)17/h2-5,10-12H,6-9H2,1H3,(H,18,19,20). The molecule has 1 N–H and O–H groups in total. The van der Waals surface area contributed by atoms with Crippen LogP contribution in [0.25, 0.3) is 0 Å². The molecule has 134 valence electrons. The van der Waals surface area contributed by atoms with Gasteiger partial charge in [0.25, 0.3) is 0 Å². The average Bonchev–Trinajstić information content (AvgIpc) is 2.62. The van der Waals surface area contributed by atoms with Gasteiger partial charge in [-0.25, -0.2) is 18.4 Å². The molecule has 0 aliphatic carbocycles. The van der Waals surface area contributed by atoms with Crippen molar-refractivity contribution in [1.29, 1.82) is 0 Å². The SMILES string of the molecule is COc1cc(NC2CCN(S(=O)(=O)c3ccccc3Cl)CC2)ncn1. The first-order valence-corrected chi connectivity index (χ1v) is 9.70. The van der Waals surface area contributed by atoms with Crippen molar-refractivity contribution in [2.75, 3.05) is 25.5 Å². The van der Waals surface area contributed by atoms with Gasteiger partial charge in [-0.1, -0.05) is 23.7 Å². The number of sulfonamides is 1. The second-order valence-corrected chi connectivity index (χ2v) is 8.01. The number of hydrogen-bond donors (Lipinski definition) is 1. The number of nitrogens with zero attached hydrogens (tertiary/aromatic N) is 3. The van der Waals surface area contributed by atoms with E-state index < -0.39 is 10.0 Å². The van der Waals surface area contributed by atoms with Crippen molar-refractivity contribution in [2.24, 2.45) is 0 Å². The van der Waals surface area contributed by atoms with E-state index in [1.54, 1.807) is 31.4 Å². The molecule has 0 bridgehead atoms. The van der Waals surface area contributed by atoms with Crippen molar-refractivity contribution in [3.8, 4) is 5.88 Å². The summed E-state index contributed by atoms with van der Waals surface area (Å²) in [5, 5.41) is 3.55. The lowest BCUT2D eigenvalue weighted by atomic mass is 10.1. The zero-order chi connectivity index (χ0) is 17.9. The number of methoxy groups -OCH3 is 1. The van der Waals surface area contributed by atoms with E-state index in [4.69, 9.17) is 16.3 Å². The van der Waals surface area contributed by atoms with Crippen molar-refractivity contribution < 1.29 is 13.2 Å². The molecule has 1 saturated heterocycles. The van der Waals surface area contributed by atoms with Gasteiger partial charge < -0.3 is 10.1 Å². The van der Waals surface area contributed by atoms with Crippen LogP contribution in [0.4, 0.5) is 5.82 Å². The molecule has 0 radical (unpaired) electrons. The summed E-state index contributed by atoms with van der Waals surface area (Å²) in [6.07, 6.45) is 2.78. The van der Waals surface area contributed by atoms with E-state index in [2.05, 4.69) is 15.3 Å². The molecule has 0 saturated carbocycles. The number of aromatic nitrogens is 2. The Balaban J connectivity index is 1.64. The van der Waals surface area contributed by atoms with Crippen LogP contribution in [-0.2, 0) is 10.0 Å². The third-order valence-corrected chi connectivity index (χ3v) is 6.51. The second kappa shape index (κ2) is 7.55. The van der Waals surface area contributed by atoms with Gasteiger partial charge in [0.1, 0.15) is 17.0 Å². The summed E-state index contributed by atoms with van der Waals surface area (Å²) >= 11 is 6.05. The van der Waals surface area contributed by atoms with Gasteiger partial charge in [-0.2, -0.15) is 4.31 Å². The van der Waals surface area contributed by atoms with Crippen molar-refractivity contribution in [2.45, 2.75) is 23.8 Å². The fourth-order valence-electron chi connectivity index (χ4n) is 2.77. The maximum Gasteiger partial charge on any atom is 0.244 e. The van der Waals surface area contributed by atoms with Crippen LogP contribution < -0.4 is 10.1 Å². The van der Waals surface area contributed by atoms with Gasteiger partial charge in [0, 0.05) is 25.2 Å². The molecule has 0 spiro atoms. The molecule has 1 aromatic heterocycles. The van der Waals surface area contributed by atoms with Crippen LogP contribution in [0.3, 0.4) is 0 Å². The van der Waals surface area contributed by atoms with Gasteiger partial charge >= 0.3 is 0 Å². The Bertz CT molecular complexity index is 839. The number of nitrogens with one attached hydrogen (secondary N) is 1. The molecule has 1 aromatic carbocycles. The maximum atomic E-state index is 12.7. The molecule has 1 aliphatic heterocycles. The third kappa shape index (κ3) is 4.02. The van der Waals surface area contributed by atoms with E-state index in [1.807, 2.05) is 0 Å². The van der Waals surface area contributed by atoms with E-state index in [9.17, 15) is 8.42 Å². The summed E-state index contributed by atoms with van der Waals surface area (Å²) < 4.78 is 32.0. The Labute approximate surface area is 152 Å². The molecular formula is C16H19ClN4O3S. The molecule has 3 rings (SSSR count). The van der Waals surface area contributed by atoms with Gasteiger partial charge in [0.15, 0.2) is 0 Å². The van der Waals surface area contributed by atoms with Crippen molar-refractivity contribution in [3.63, 3.8) is 0 Å². The molecular weight excluding hydrogens is 364 g/mol. The summed E-state index contributed by atoms with van der Waals surface area (Å²) in [5.74, 6) is 1.15. The molecule has 0 amide bonds. The Hall–Kier alpha value is -1.90. The van der Waals surface area contributed by atoms with Crippen LogP contribution in [-0.4, -0.2) is 48.9 Å². The Kier molecular flexibility index (Phi) is 5.41. The summed E-state index contributed by atoms with van der Waals surface area (Å²) in [6.45, 7) is 0.848. The molecule has 2 aromatic rings. The van der Waals surface area contributed by atoms with Crippen LogP contribution in [0.1, 0.15) is 12.8 Å².